The van der Waals surface area contributed by atoms with Gasteiger partial charge in [-0.2, -0.15) is 0 Å². The Balaban J connectivity index is 2.46. The number of aliphatic hydroxyl groups is 1. The Labute approximate surface area is 129 Å². The molecule has 1 aromatic carbocycles. The second-order valence-corrected chi connectivity index (χ2v) is 6.04. The molecule has 1 atom stereocenters. The third-order valence-electron chi connectivity index (χ3n) is 3.99. The number of aliphatic hydroxyl groups excluding tert-OH is 1. The highest BCUT2D eigenvalue weighted by Gasteiger charge is 2.26. The summed E-state index contributed by atoms with van der Waals surface area (Å²) in [5.74, 6) is 0.142. The number of anilines is 1. The lowest BCUT2D eigenvalue weighted by Crippen LogP contribution is -2.41. The molecule has 2 rings (SSSR count). The first kappa shape index (κ1) is 16.0. The number of piperidine rings is 1. The molecule has 0 aromatic heterocycles. The van der Waals surface area contributed by atoms with Crippen molar-refractivity contribution in [3.8, 4) is 0 Å². The number of hydrogen-bond acceptors (Lipinski definition) is 5. The monoisotopic (exact) mass is 309 g/mol. The molecular weight excluding hydrogens is 286 g/mol. The Hall–Kier alpha value is -1.40. The number of thioether (sulfide) groups is 1. The maximum Gasteiger partial charge on any atom is 0.173 e. The van der Waals surface area contributed by atoms with Gasteiger partial charge in [0.15, 0.2) is 5.84 Å². The summed E-state index contributed by atoms with van der Waals surface area (Å²) in [6.07, 6.45) is 6.11. The van der Waals surface area contributed by atoms with Crippen molar-refractivity contribution in [2.75, 3.05) is 24.3 Å². The summed E-state index contributed by atoms with van der Waals surface area (Å²) >= 11 is 1.58. The van der Waals surface area contributed by atoms with Crippen LogP contribution >= 0.6 is 11.8 Å². The van der Waals surface area contributed by atoms with E-state index in [1.54, 1.807) is 11.8 Å². The number of rotatable bonds is 5. The molecular formula is C15H23N3O2S. The van der Waals surface area contributed by atoms with Gasteiger partial charge in [-0.1, -0.05) is 11.2 Å². The first-order valence-corrected chi connectivity index (χ1v) is 8.47. The van der Waals surface area contributed by atoms with Gasteiger partial charge >= 0.3 is 0 Å². The third kappa shape index (κ3) is 3.44. The Kier molecular flexibility index (Phi) is 5.76. The molecule has 1 aliphatic heterocycles. The van der Waals surface area contributed by atoms with Crippen LogP contribution in [0, 0.1) is 0 Å². The maximum atomic E-state index is 9.29. The van der Waals surface area contributed by atoms with Gasteiger partial charge in [-0.3, -0.25) is 0 Å². The van der Waals surface area contributed by atoms with Gasteiger partial charge in [0.1, 0.15) is 0 Å². The van der Waals surface area contributed by atoms with Crippen LogP contribution in [-0.2, 0) is 0 Å². The van der Waals surface area contributed by atoms with E-state index >= 15 is 0 Å². The van der Waals surface area contributed by atoms with Crippen molar-refractivity contribution < 1.29 is 10.3 Å². The minimum atomic E-state index is 0.142. The van der Waals surface area contributed by atoms with Crippen LogP contribution in [0.3, 0.4) is 0 Å². The van der Waals surface area contributed by atoms with Crippen LogP contribution in [0.15, 0.2) is 28.3 Å². The maximum absolute atomic E-state index is 9.29. The topological polar surface area (TPSA) is 82.1 Å². The highest BCUT2D eigenvalue weighted by atomic mass is 32.2. The molecule has 5 nitrogen and oxygen atoms in total. The molecule has 116 valence electrons. The van der Waals surface area contributed by atoms with E-state index in [9.17, 15) is 5.11 Å². The predicted octanol–water partition coefficient (Wildman–Crippen LogP) is 2.24. The lowest BCUT2D eigenvalue weighted by atomic mass is 9.97. The first-order chi connectivity index (χ1) is 10.2. The summed E-state index contributed by atoms with van der Waals surface area (Å²) in [7, 11) is 0. The second-order valence-electron chi connectivity index (χ2n) is 5.19. The van der Waals surface area contributed by atoms with Gasteiger partial charge in [0.25, 0.3) is 0 Å². The fraction of sp³-hybridized carbons (Fsp3) is 0.533. The van der Waals surface area contributed by atoms with E-state index in [4.69, 9.17) is 10.9 Å². The van der Waals surface area contributed by atoms with Crippen molar-refractivity contribution in [2.45, 2.75) is 36.6 Å². The molecule has 0 amide bonds. The Morgan fingerprint density at radius 1 is 1.48 bits per heavy atom. The zero-order valence-corrected chi connectivity index (χ0v) is 13.1. The van der Waals surface area contributed by atoms with Gasteiger partial charge < -0.3 is 20.9 Å². The van der Waals surface area contributed by atoms with Gasteiger partial charge in [0.05, 0.1) is 5.56 Å². The standard InChI is InChI=1S/C15H23N3O2S/c1-21-13-7-4-6-12(14(13)15(16)17-20)18-9-3-2-5-11(18)8-10-19/h4,6-7,11,19-20H,2-3,5,8-10H2,1H3,(H2,16,17). The lowest BCUT2D eigenvalue weighted by Gasteiger charge is -2.38. The highest BCUT2D eigenvalue weighted by Crippen LogP contribution is 2.34. The van der Waals surface area contributed by atoms with Crippen LogP contribution in [-0.4, -0.2) is 41.6 Å². The molecule has 4 N–H and O–H groups in total. The molecule has 0 saturated carbocycles. The number of nitrogens with zero attached hydrogens (tertiary/aromatic N) is 2. The average Bonchev–Trinajstić information content (AvgIpc) is 2.54. The minimum absolute atomic E-state index is 0.142. The SMILES string of the molecule is CSc1cccc(N2CCCCC2CCO)c1/C(N)=N/O. The molecule has 6 heteroatoms. The van der Waals surface area contributed by atoms with Gasteiger partial charge in [-0.15, -0.1) is 11.8 Å². The molecule has 1 unspecified atom stereocenters. The average molecular weight is 309 g/mol. The molecule has 21 heavy (non-hydrogen) atoms. The number of oxime groups is 1. The first-order valence-electron chi connectivity index (χ1n) is 7.25. The van der Waals surface area contributed by atoms with E-state index in [0.717, 1.165) is 42.0 Å². The molecule has 1 heterocycles. The smallest absolute Gasteiger partial charge is 0.173 e. The van der Waals surface area contributed by atoms with Gasteiger partial charge in [-0.05, 0) is 44.1 Å². The summed E-state index contributed by atoms with van der Waals surface area (Å²) < 4.78 is 0. The second kappa shape index (κ2) is 7.56. The van der Waals surface area contributed by atoms with Crippen LogP contribution in [0.1, 0.15) is 31.2 Å². The summed E-state index contributed by atoms with van der Waals surface area (Å²) in [4.78, 5) is 3.29. The van der Waals surface area contributed by atoms with Crippen LogP contribution in [0.4, 0.5) is 5.69 Å². The van der Waals surface area contributed by atoms with Crippen LogP contribution < -0.4 is 10.6 Å². The van der Waals surface area contributed by atoms with Crippen molar-refractivity contribution in [3.63, 3.8) is 0 Å². The molecule has 0 radical (unpaired) electrons. The number of amidine groups is 1. The van der Waals surface area contributed by atoms with Crippen molar-refractivity contribution >= 4 is 23.3 Å². The quantitative estimate of drug-likeness (QED) is 0.255. The molecule has 0 spiro atoms. The molecule has 0 aliphatic carbocycles. The predicted molar refractivity (Wildman–Crippen MR) is 87.4 cm³/mol. The minimum Gasteiger partial charge on any atom is -0.409 e. The number of benzene rings is 1. The van der Waals surface area contributed by atoms with Gasteiger partial charge in [-0.25, -0.2) is 0 Å². The van der Waals surface area contributed by atoms with E-state index in [1.165, 1.54) is 6.42 Å². The van der Waals surface area contributed by atoms with Crippen molar-refractivity contribution in [2.24, 2.45) is 10.9 Å². The summed E-state index contributed by atoms with van der Waals surface area (Å²) in [6, 6.07) is 6.31. The van der Waals surface area contributed by atoms with E-state index < -0.39 is 0 Å². The zero-order chi connectivity index (χ0) is 15.2. The third-order valence-corrected chi connectivity index (χ3v) is 4.77. The van der Waals surface area contributed by atoms with Gasteiger partial charge in [0.2, 0.25) is 0 Å². The largest absolute Gasteiger partial charge is 0.409 e. The Morgan fingerprint density at radius 3 is 2.95 bits per heavy atom. The van der Waals surface area contributed by atoms with Crippen molar-refractivity contribution in [1.82, 2.24) is 0 Å². The van der Waals surface area contributed by atoms with E-state index in [-0.39, 0.29) is 12.4 Å². The van der Waals surface area contributed by atoms with Crippen LogP contribution in [0.25, 0.3) is 0 Å². The van der Waals surface area contributed by atoms with Crippen molar-refractivity contribution in [1.29, 1.82) is 0 Å². The van der Waals surface area contributed by atoms with E-state index in [1.807, 2.05) is 24.5 Å². The Bertz CT molecular complexity index is 506. The zero-order valence-electron chi connectivity index (χ0n) is 12.3. The molecule has 1 aliphatic rings. The van der Waals surface area contributed by atoms with E-state index in [0.29, 0.717) is 6.04 Å². The highest BCUT2D eigenvalue weighted by molar-refractivity contribution is 7.98. The van der Waals surface area contributed by atoms with Crippen molar-refractivity contribution in [3.05, 3.63) is 23.8 Å². The number of nitrogens with two attached hydrogens (primary N) is 1. The van der Waals surface area contributed by atoms with Crippen LogP contribution in [0.5, 0.6) is 0 Å². The molecule has 0 bridgehead atoms. The fourth-order valence-electron chi connectivity index (χ4n) is 3.00. The summed E-state index contributed by atoms with van der Waals surface area (Å²) in [5, 5.41) is 21.6. The van der Waals surface area contributed by atoms with Crippen LogP contribution in [0.2, 0.25) is 0 Å². The van der Waals surface area contributed by atoms with E-state index in [2.05, 4.69) is 10.1 Å². The molecule has 1 fully saturated rings. The lowest BCUT2D eigenvalue weighted by molar-refractivity contribution is 0.262. The fourth-order valence-corrected chi connectivity index (χ4v) is 3.63. The normalized spacial score (nSPS) is 19.8. The van der Waals surface area contributed by atoms with Gasteiger partial charge in [0, 0.05) is 29.8 Å². The summed E-state index contributed by atoms with van der Waals surface area (Å²) in [5.41, 5.74) is 7.69. The molecule has 1 aromatic rings. The summed E-state index contributed by atoms with van der Waals surface area (Å²) in [6.45, 7) is 1.12. The molecule has 1 saturated heterocycles. The number of hydrogen-bond donors (Lipinski definition) is 3. The Morgan fingerprint density at radius 2 is 2.29 bits per heavy atom.